The van der Waals surface area contributed by atoms with E-state index in [-0.39, 0.29) is 6.54 Å². The summed E-state index contributed by atoms with van der Waals surface area (Å²) in [5.74, 6) is -0.790. The third kappa shape index (κ3) is 3.27. The van der Waals surface area contributed by atoms with Gasteiger partial charge in [-0.3, -0.25) is 9.89 Å². The predicted molar refractivity (Wildman–Crippen MR) is 60.6 cm³/mol. The van der Waals surface area contributed by atoms with E-state index in [0.717, 1.165) is 18.4 Å². The van der Waals surface area contributed by atoms with E-state index in [0.29, 0.717) is 0 Å². The molecule has 1 heterocycles. The molecule has 1 aromatic heterocycles. The fourth-order valence-electron chi connectivity index (χ4n) is 1.15. The number of hydrogen-bond acceptors (Lipinski definition) is 5. The van der Waals surface area contributed by atoms with Crippen molar-refractivity contribution in [3.05, 3.63) is 17.5 Å². The Labute approximate surface area is 99.6 Å². The fraction of sp³-hybridized carbons (Fsp3) is 0.556. The molecule has 8 heteroatoms. The highest BCUT2D eigenvalue weighted by atomic mass is 32.2. The number of esters is 1. The Morgan fingerprint density at radius 1 is 1.65 bits per heavy atom. The van der Waals surface area contributed by atoms with Crippen molar-refractivity contribution in [3.63, 3.8) is 0 Å². The summed E-state index contributed by atoms with van der Waals surface area (Å²) in [6.45, 7) is 3.14. The van der Waals surface area contributed by atoms with Crippen LogP contribution in [0.3, 0.4) is 0 Å². The maximum absolute atomic E-state index is 11.7. The molecule has 1 unspecified atom stereocenters. The van der Waals surface area contributed by atoms with Crippen LogP contribution >= 0.6 is 0 Å². The lowest BCUT2D eigenvalue weighted by Gasteiger charge is -2.11. The molecule has 17 heavy (non-hydrogen) atoms. The molecule has 0 fully saturated rings. The smallest absolute Gasteiger partial charge is 0.325 e. The van der Waals surface area contributed by atoms with Crippen molar-refractivity contribution in [2.75, 3.05) is 7.11 Å². The number of aryl methyl sites for hydroxylation is 1. The molecule has 0 aliphatic heterocycles. The molecule has 0 radical (unpaired) electrons. The van der Waals surface area contributed by atoms with Crippen LogP contribution in [0.5, 0.6) is 0 Å². The molecular weight excluding hydrogens is 246 g/mol. The van der Waals surface area contributed by atoms with Gasteiger partial charge in [0.25, 0.3) is 0 Å². The zero-order valence-corrected chi connectivity index (χ0v) is 10.7. The number of nitrogens with one attached hydrogen (secondary N) is 2. The quantitative estimate of drug-likeness (QED) is 0.709. The van der Waals surface area contributed by atoms with E-state index in [2.05, 4.69) is 19.7 Å². The number of hydrogen-bond donors (Lipinski definition) is 2. The van der Waals surface area contributed by atoms with Gasteiger partial charge in [-0.15, -0.1) is 0 Å². The number of H-pyrrole nitrogens is 1. The van der Waals surface area contributed by atoms with Gasteiger partial charge in [0, 0.05) is 17.8 Å². The second kappa shape index (κ2) is 5.28. The molecule has 0 spiro atoms. The van der Waals surface area contributed by atoms with Crippen LogP contribution in [0.4, 0.5) is 0 Å². The van der Waals surface area contributed by atoms with Gasteiger partial charge in [-0.1, -0.05) is 0 Å². The van der Waals surface area contributed by atoms with Crippen molar-refractivity contribution in [1.82, 2.24) is 14.9 Å². The van der Waals surface area contributed by atoms with E-state index >= 15 is 0 Å². The first kappa shape index (κ1) is 13.7. The molecule has 1 rings (SSSR count). The highest BCUT2D eigenvalue weighted by molar-refractivity contribution is 7.90. The van der Waals surface area contributed by atoms with Gasteiger partial charge in [-0.25, -0.2) is 13.1 Å². The van der Waals surface area contributed by atoms with Crippen LogP contribution < -0.4 is 4.72 Å². The van der Waals surface area contributed by atoms with E-state index < -0.39 is 21.2 Å². The molecule has 0 aliphatic carbocycles. The molecule has 0 aromatic carbocycles. The molecule has 0 bridgehead atoms. The number of nitrogens with zero attached hydrogens (tertiary/aromatic N) is 1. The summed E-state index contributed by atoms with van der Waals surface area (Å²) < 4.78 is 30.1. The van der Waals surface area contributed by atoms with Crippen LogP contribution in [0.1, 0.15) is 18.2 Å². The number of aromatic amines is 1. The van der Waals surface area contributed by atoms with E-state index in [9.17, 15) is 13.2 Å². The summed E-state index contributed by atoms with van der Waals surface area (Å²) in [7, 11) is -2.58. The Morgan fingerprint density at radius 2 is 2.29 bits per heavy atom. The van der Waals surface area contributed by atoms with E-state index in [1.807, 2.05) is 0 Å². The maximum Gasteiger partial charge on any atom is 0.325 e. The summed E-state index contributed by atoms with van der Waals surface area (Å²) in [6.07, 6.45) is 1.53. The van der Waals surface area contributed by atoms with Gasteiger partial charge in [0.05, 0.1) is 13.3 Å². The van der Waals surface area contributed by atoms with Gasteiger partial charge in [0.1, 0.15) is 0 Å². The lowest BCUT2D eigenvalue weighted by Crippen LogP contribution is -2.37. The van der Waals surface area contributed by atoms with E-state index in [4.69, 9.17) is 0 Å². The monoisotopic (exact) mass is 261 g/mol. The molecule has 96 valence electrons. The zero-order valence-electron chi connectivity index (χ0n) is 9.85. The molecule has 0 amide bonds. The second-order valence-electron chi connectivity index (χ2n) is 3.55. The minimum Gasteiger partial charge on any atom is -0.468 e. The lowest BCUT2D eigenvalue weighted by atomic mass is 10.3. The van der Waals surface area contributed by atoms with Crippen LogP contribution in [0.25, 0.3) is 0 Å². The Kier molecular flexibility index (Phi) is 4.24. The normalized spacial score (nSPS) is 13.4. The number of ether oxygens (including phenoxy) is 1. The summed E-state index contributed by atoms with van der Waals surface area (Å²) in [5, 5.41) is 5.22. The molecule has 1 aromatic rings. The van der Waals surface area contributed by atoms with Gasteiger partial charge in [0.15, 0.2) is 5.25 Å². The Hall–Kier alpha value is -1.41. The summed E-state index contributed by atoms with van der Waals surface area (Å²) >= 11 is 0. The third-order valence-electron chi connectivity index (χ3n) is 2.40. The number of carbonyl (C=O) groups is 1. The molecule has 0 aliphatic rings. The third-order valence-corrected chi connectivity index (χ3v) is 4.07. The van der Waals surface area contributed by atoms with Gasteiger partial charge in [-0.05, 0) is 13.8 Å². The summed E-state index contributed by atoms with van der Waals surface area (Å²) in [6, 6.07) is 0. The van der Waals surface area contributed by atoms with Gasteiger partial charge in [0.2, 0.25) is 10.0 Å². The minimum absolute atomic E-state index is 0.0893. The number of carbonyl (C=O) groups excluding carboxylic acids is 1. The Morgan fingerprint density at radius 3 is 2.76 bits per heavy atom. The van der Waals surface area contributed by atoms with Crippen LogP contribution in [0.2, 0.25) is 0 Å². The molecule has 2 N–H and O–H groups in total. The summed E-state index contributed by atoms with van der Waals surface area (Å²) in [4.78, 5) is 11.1. The van der Waals surface area contributed by atoms with Crippen molar-refractivity contribution in [1.29, 1.82) is 0 Å². The van der Waals surface area contributed by atoms with E-state index in [1.54, 1.807) is 6.92 Å². The standard InChI is InChI=1S/C9H15N3O4S/c1-6-8(4-10-12-6)5-11-17(14,15)7(2)9(13)16-3/h4,7,11H,5H2,1-3H3,(H,10,12). The van der Waals surface area contributed by atoms with Crippen LogP contribution in [0, 0.1) is 6.92 Å². The second-order valence-corrected chi connectivity index (χ2v) is 5.64. The Balaban J connectivity index is 2.68. The van der Waals surface area contributed by atoms with Crippen molar-refractivity contribution >= 4 is 16.0 Å². The highest BCUT2D eigenvalue weighted by Crippen LogP contribution is 2.05. The topological polar surface area (TPSA) is 101 Å². The van der Waals surface area contributed by atoms with Gasteiger partial charge in [-0.2, -0.15) is 5.10 Å². The number of aromatic nitrogens is 2. The van der Waals surface area contributed by atoms with Crippen LogP contribution in [0.15, 0.2) is 6.20 Å². The first-order valence-electron chi connectivity index (χ1n) is 4.93. The largest absolute Gasteiger partial charge is 0.468 e. The van der Waals surface area contributed by atoms with Crippen LogP contribution in [-0.4, -0.2) is 36.9 Å². The number of rotatable bonds is 5. The molecular formula is C9H15N3O4S. The molecule has 0 saturated carbocycles. The Bertz CT molecular complexity index is 494. The van der Waals surface area contributed by atoms with Crippen molar-refractivity contribution in [3.8, 4) is 0 Å². The highest BCUT2D eigenvalue weighted by Gasteiger charge is 2.28. The number of sulfonamides is 1. The SMILES string of the molecule is COC(=O)C(C)S(=O)(=O)NCc1cn[nH]c1C. The van der Waals surface area contributed by atoms with Crippen LogP contribution in [-0.2, 0) is 26.1 Å². The average molecular weight is 261 g/mol. The first-order chi connectivity index (χ1) is 7.88. The zero-order chi connectivity index (χ0) is 13.1. The first-order valence-corrected chi connectivity index (χ1v) is 6.48. The average Bonchev–Trinajstić information content (AvgIpc) is 2.70. The molecule has 7 nitrogen and oxygen atoms in total. The number of methoxy groups -OCH3 is 1. The van der Waals surface area contributed by atoms with Crippen molar-refractivity contribution in [2.45, 2.75) is 25.6 Å². The fourth-order valence-corrected chi connectivity index (χ4v) is 2.11. The van der Waals surface area contributed by atoms with Gasteiger partial charge < -0.3 is 4.74 Å². The van der Waals surface area contributed by atoms with Crippen molar-refractivity contribution < 1.29 is 17.9 Å². The summed E-state index contributed by atoms with van der Waals surface area (Å²) in [5.41, 5.74) is 1.50. The lowest BCUT2D eigenvalue weighted by molar-refractivity contribution is -0.139. The minimum atomic E-state index is -3.73. The van der Waals surface area contributed by atoms with Gasteiger partial charge >= 0.3 is 5.97 Å². The molecule has 1 atom stereocenters. The maximum atomic E-state index is 11.7. The predicted octanol–water partition coefficient (Wildman–Crippen LogP) is -0.301. The van der Waals surface area contributed by atoms with Crippen molar-refractivity contribution in [2.24, 2.45) is 0 Å². The molecule has 0 saturated heterocycles. The van der Waals surface area contributed by atoms with E-state index in [1.165, 1.54) is 13.1 Å².